The van der Waals surface area contributed by atoms with E-state index in [1.165, 1.54) is 5.56 Å². The largest absolute Gasteiger partial charge is 0.354 e. The standard InChI is InChI=1S/C24H30Cl2N2O2/c1-5-11-27-24(30)22(6-2)28(15-19-9-10-20(25)14-21(19)26)23(29)13-18-8-7-16(3)17(4)12-18/h7-10,12,14,22H,5-6,11,13,15H2,1-4H3,(H,27,30)/t22-/m1/s1. The third kappa shape index (κ3) is 6.48. The fourth-order valence-electron chi connectivity index (χ4n) is 3.31. The number of halogens is 2. The van der Waals surface area contributed by atoms with Gasteiger partial charge in [0.25, 0.3) is 0 Å². The zero-order chi connectivity index (χ0) is 22.3. The summed E-state index contributed by atoms with van der Waals surface area (Å²) in [5.74, 6) is -0.249. The maximum Gasteiger partial charge on any atom is 0.242 e. The molecule has 0 aliphatic rings. The van der Waals surface area contributed by atoms with Gasteiger partial charge in [0.15, 0.2) is 0 Å². The number of nitrogens with zero attached hydrogens (tertiary/aromatic N) is 1. The molecule has 6 heteroatoms. The van der Waals surface area contributed by atoms with E-state index in [9.17, 15) is 9.59 Å². The summed E-state index contributed by atoms with van der Waals surface area (Å²) >= 11 is 12.4. The molecule has 0 spiro atoms. The predicted molar refractivity (Wildman–Crippen MR) is 124 cm³/mol. The lowest BCUT2D eigenvalue weighted by Crippen LogP contribution is -2.49. The summed E-state index contributed by atoms with van der Waals surface area (Å²) in [4.78, 5) is 27.8. The molecular formula is C24H30Cl2N2O2. The van der Waals surface area contributed by atoms with Crippen LogP contribution in [0.4, 0.5) is 0 Å². The molecule has 0 aliphatic carbocycles. The van der Waals surface area contributed by atoms with Crippen molar-refractivity contribution in [3.05, 3.63) is 68.7 Å². The topological polar surface area (TPSA) is 49.4 Å². The lowest BCUT2D eigenvalue weighted by molar-refractivity contribution is -0.140. The third-order valence-electron chi connectivity index (χ3n) is 5.22. The van der Waals surface area contributed by atoms with Crippen molar-refractivity contribution in [3.63, 3.8) is 0 Å². The minimum absolute atomic E-state index is 0.109. The Balaban J connectivity index is 2.33. The van der Waals surface area contributed by atoms with Crippen LogP contribution in [-0.2, 0) is 22.6 Å². The second-order valence-corrected chi connectivity index (χ2v) is 8.41. The highest BCUT2D eigenvalue weighted by Crippen LogP contribution is 2.24. The molecule has 1 N–H and O–H groups in total. The molecule has 0 radical (unpaired) electrons. The van der Waals surface area contributed by atoms with Gasteiger partial charge in [0.2, 0.25) is 11.8 Å². The SMILES string of the molecule is CCCNC(=O)[C@@H](CC)N(Cc1ccc(Cl)cc1Cl)C(=O)Cc1ccc(C)c(C)c1. The van der Waals surface area contributed by atoms with Crippen LogP contribution in [0.3, 0.4) is 0 Å². The Morgan fingerprint density at radius 1 is 1.03 bits per heavy atom. The fraction of sp³-hybridized carbons (Fsp3) is 0.417. The maximum absolute atomic E-state index is 13.3. The Labute approximate surface area is 189 Å². The molecular weight excluding hydrogens is 419 g/mol. The number of amides is 2. The van der Waals surface area contributed by atoms with Crippen LogP contribution >= 0.6 is 23.2 Å². The molecule has 0 saturated carbocycles. The van der Waals surface area contributed by atoms with Gasteiger partial charge in [-0.1, -0.05) is 61.3 Å². The first-order valence-corrected chi connectivity index (χ1v) is 11.1. The van der Waals surface area contributed by atoms with E-state index in [0.29, 0.717) is 23.0 Å². The molecule has 0 bridgehead atoms. The Bertz CT molecular complexity index is 899. The van der Waals surface area contributed by atoms with Crippen LogP contribution in [0.15, 0.2) is 36.4 Å². The molecule has 2 aromatic carbocycles. The van der Waals surface area contributed by atoms with E-state index in [2.05, 4.69) is 5.32 Å². The van der Waals surface area contributed by atoms with Crippen molar-refractivity contribution in [1.82, 2.24) is 10.2 Å². The first kappa shape index (κ1) is 24.2. The maximum atomic E-state index is 13.3. The number of aryl methyl sites for hydroxylation is 2. The van der Waals surface area contributed by atoms with Crippen molar-refractivity contribution in [1.29, 1.82) is 0 Å². The van der Waals surface area contributed by atoms with E-state index < -0.39 is 6.04 Å². The van der Waals surface area contributed by atoms with Gasteiger partial charge in [0, 0.05) is 23.1 Å². The zero-order valence-electron chi connectivity index (χ0n) is 18.1. The van der Waals surface area contributed by atoms with Gasteiger partial charge in [-0.15, -0.1) is 0 Å². The van der Waals surface area contributed by atoms with Crippen molar-refractivity contribution >= 4 is 35.0 Å². The van der Waals surface area contributed by atoms with E-state index in [4.69, 9.17) is 23.2 Å². The highest BCUT2D eigenvalue weighted by molar-refractivity contribution is 6.35. The lowest BCUT2D eigenvalue weighted by Gasteiger charge is -2.31. The summed E-state index contributed by atoms with van der Waals surface area (Å²) in [6.07, 6.45) is 1.57. The normalized spacial score (nSPS) is 11.8. The molecule has 2 aromatic rings. The van der Waals surface area contributed by atoms with E-state index >= 15 is 0 Å². The molecule has 30 heavy (non-hydrogen) atoms. The summed E-state index contributed by atoms with van der Waals surface area (Å²) in [5.41, 5.74) is 4.01. The molecule has 1 atom stereocenters. The number of hydrogen-bond acceptors (Lipinski definition) is 2. The van der Waals surface area contributed by atoms with Crippen molar-refractivity contribution in [2.45, 2.75) is 59.5 Å². The third-order valence-corrected chi connectivity index (χ3v) is 5.80. The number of carbonyl (C=O) groups is 2. The minimum atomic E-state index is -0.567. The summed E-state index contributed by atoms with van der Waals surface area (Å²) < 4.78 is 0. The van der Waals surface area contributed by atoms with Gasteiger partial charge in [-0.25, -0.2) is 0 Å². The molecule has 2 amide bonds. The van der Waals surface area contributed by atoms with E-state index in [1.807, 2.05) is 45.9 Å². The molecule has 162 valence electrons. The minimum Gasteiger partial charge on any atom is -0.354 e. The average molecular weight is 449 g/mol. The zero-order valence-corrected chi connectivity index (χ0v) is 19.6. The van der Waals surface area contributed by atoms with Gasteiger partial charge in [0.1, 0.15) is 6.04 Å². The Kier molecular flexibility index (Phi) is 9.19. The molecule has 0 aromatic heterocycles. The van der Waals surface area contributed by atoms with Crippen LogP contribution < -0.4 is 5.32 Å². The van der Waals surface area contributed by atoms with Gasteiger partial charge in [-0.3, -0.25) is 9.59 Å². The molecule has 0 aliphatic heterocycles. The number of benzene rings is 2. The first-order chi connectivity index (χ1) is 14.3. The second kappa shape index (κ2) is 11.4. The summed E-state index contributed by atoms with van der Waals surface area (Å²) in [5, 5.41) is 3.94. The number of hydrogen-bond donors (Lipinski definition) is 1. The average Bonchev–Trinajstić information content (AvgIpc) is 2.70. The highest BCUT2D eigenvalue weighted by atomic mass is 35.5. The summed E-state index contributed by atoms with van der Waals surface area (Å²) in [6, 6.07) is 10.6. The Morgan fingerprint density at radius 3 is 2.37 bits per heavy atom. The highest BCUT2D eigenvalue weighted by Gasteiger charge is 2.29. The van der Waals surface area contributed by atoms with Gasteiger partial charge in [0.05, 0.1) is 6.42 Å². The molecule has 4 nitrogen and oxygen atoms in total. The van der Waals surface area contributed by atoms with Crippen LogP contribution in [0.2, 0.25) is 10.0 Å². The van der Waals surface area contributed by atoms with Crippen LogP contribution in [-0.4, -0.2) is 29.3 Å². The molecule has 2 rings (SSSR count). The van der Waals surface area contributed by atoms with Crippen molar-refractivity contribution in [3.8, 4) is 0 Å². The van der Waals surface area contributed by atoms with Crippen LogP contribution in [0.5, 0.6) is 0 Å². The van der Waals surface area contributed by atoms with Gasteiger partial charge >= 0.3 is 0 Å². The smallest absolute Gasteiger partial charge is 0.242 e. The first-order valence-electron chi connectivity index (χ1n) is 10.3. The molecule has 0 saturated heterocycles. The fourth-order valence-corrected chi connectivity index (χ4v) is 3.78. The van der Waals surface area contributed by atoms with E-state index in [-0.39, 0.29) is 24.8 Å². The van der Waals surface area contributed by atoms with Gasteiger partial charge < -0.3 is 10.2 Å². The van der Waals surface area contributed by atoms with Crippen LogP contribution in [0.25, 0.3) is 0 Å². The quantitative estimate of drug-likeness (QED) is 0.551. The number of carbonyl (C=O) groups excluding carboxylic acids is 2. The van der Waals surface area contributed by atoms with Crippen LogP contribution in [0, 0.1) is 13.8 Å². The Hall–Kier alpha value is -2.04. The van der Waals surface area contributed by atoms with E-state index in [0.717, 1.165) is 23.1 Å². The van der Waals surface area contributed by atoms with Crippen molar-refractivity contribution in [2.24, 2.45) is 0 Å². The predicted octanol–water partition coefficient (Wildman–Crippen LogP) is 5.49. The Morgan fingerprint density at radius 2 is 1.77 bits per heavy atom. The lowest BCUT2D eigenvalue weighted by atomic mass is 10.0. The second-order valence-electron chi connectivity index (χ2n) is 7.57. The summed E-state index contributed by atoms with van der Waals surface area (Å²) in [7, 11) is 0. The van der Waals surface area contributed by atoms with Crippen LogP contribution in [0.1, 0.15) is 48.9 Å². The van der Waals surface area contributed by atoms with E-state index in [1.54, 1.807) is 23.1 Å². The molecule has 0 fully saturated rings. The molecule has 0 heterocycles. The summed E-state index contributed by atoms with van der Waals surface area (Å²) in [6.45, 7) is 8.81. The van der Waals surface area contributed by atoms with Crippen molar-refractivity contribution < 1.29 is 9.59 Å². The monoisotopic (exact) mass is 448 g/mol. The van der Waals surface area contributed by atoms with Gasteiger partial charge in [-0.05, 0) is 61.1 Å². The number of rotatable bonds is 9. The van der Waals surface area contributed by atoms with Crippen molar-refractivity contribution in [2.75, 3.05) is 6.54 Å². The number of nitrogens with one attached hydrogen (secondary N) is 1. The van der Waals surface area contributed by atoms with Gasteiger partial charge in [-0.2, -0.15) is 0 Å². The molecule has 0 unspecified atom stereocenters.